The summed E-state index contributed by atoms with van der Waals surface area (Å²) in [5.74, 6) is -5.85. The number of phenolic OH excluding ortho intramolecular Hbond substituents is 1. The number of benzene rings is 1. The van der Waals surface area contributed by atoms with Gasteiger partial charge >= 0.3 is 0 Å². The second-order valence-corrected chi connectivity index (χ2v) is 3.04. The number of nitrogens with two attached hydrogens (primary N) is 1. The van der Waals surface area contributed by atoms with Crippen molar-refractivity contribution in [3.8, 4) is 5.75 Å². The predicted molar refractivity (Wildman–Crippen MR) is 46.6 cm³/mol. The molecule has 1 atom stereocenters. The molecule has 0 aromatic heterocycles. The molecule has 0 saturated carbocycles. The van der Waals surface area contributed by atoms with Gasteiger partial charge in [0.1, 0.15) is 0 Å². The van der Waals surface area contributed by atoms with Crippen LogP contribution in [-0.4, -0.2) is 16.8 Å². The van der Waals surface area contributed by atoms with Gasteiger partial charge in [-0.05, 0) is 12.5 Å². The molecule has 0 amide bonds. The first kappa shape index (κ1) is 11.8. The van der Waals surface area contributed by atoms with Gasteiger partial charge in [-0.25, -0.2) is 8.78 Å². The second kappa shape index (κ2) is 4.50. The predicted octanol–water partition coefficient (Wildman–Crippen LogP) is 1.19. The molecule has 0 bridgehead atoms. The molecule has 4 N–H and O–H groups in total. The summed E-state index contributed by atoms with van der Waals surface area (Å²) in [6.07, 6.45) is 0.0120. The molecule has 3 nitrogen and oxygen atoms in total. The number of phenols is 1. The topological polar surface area (TPSA) is 66.5 Å². The van der Waals surface area contributed by atoms with Crippen LogP contribution in [0.25, 0.3) is 0 Å². The Kier molecular flexibility index (Phi) is 3.54. The summed E-state index contributed by atoms with van der Waals surface area (Å²) in [4.78, 5) is 0. The first-order valence-corrected chi connectivity index (χ1v) is 4.21. The van der Waals surface area contributed by atoms with Crippen molar-refractivity contribution in [3.05, 3.63) is 29.1 Å². The van der Waals surface area contributed by atoms with Crippen molar-refractivity contribution in [3.63, 3.8) is 0 Å². The summed E-state index contributed by atoms with van der Waals surface area (Å²) < 4.78 is 38.3. The molecular weight excluding hydrogens is 211 g/mol. The van der Waals surface area contributed by atoms with Crippen molar-refractivity contribution in [2.75, 3.05) is 6.61 Å². The molecule has 0 saturated heterocycles. The molecule has 0 aliphatic carbocycles. The van der Waals surface area contributed by atoms with Gasteiger partial charge in [-0.3, -0.25) is 0 Å². The number of aliphatic hydroxyl groups is 1. The van der Waals surface area contributed by atoms with Crippen LogP contribution in [0.4, 0.5) is 13.2 Å². The monoisotopic (exact) mass is 221 g/mol. The highest BCUT2D eigenvalue weighted by Gasteiger charge is 2.21. The fourth-order valence-corrected chi connectivity index (χ4v) is 1.18. The molecule has 0 aliphatic rings. The van der Waals surface area contributed by atoms with E-state index in [-0.39, 0.29) is 18.6 Å². The Bertz CT molecular complexity index is 371. The van der Waals surface area contributed by atoms with E-state index in [1.807, 2.05) is 0 Å². The molecule has 1 unspecified atom stereocenters. The van der Waals surface area contributed by atoms with Gasteiger partial charge < -0.3 is 15.9 Å². The molecule has 1 rings (SSSR count). The molecule has 0 spiro atoms. The van der Waals surface area contributed by atoms with Crippen molar-refractivity contribution in [1.82, 2.24) is 0 Å². The van der Waals surface area contributed by atoms with E-state index >= 15 is 0 Å². The number of rotatable bonds is 3. The third kappa shape index (κ3) is 2.21. The average Bonchev–Trinajstić information content (AvgIpc) is 2.20. The molecule has 0 radical (unpaired) electrons. The van der Waals surface area contributed by atoms with Crippen molar-refractivity contribution >= 4 is 0 Å². The van der Waals surface area contributed by atoms with Crippen molar-refractivity contribution in [1.29, 1.82) is 0 Å². The Morgan fingerprint density at radius 1 is 1.27 bits per heavy atom. The molecular formula is C9H10F3NO2. The zero-order chi connectivity index (χ0) is 11.6. The van der Waals surface area contributed by atoms with Crippen LogP contribution < -0.4 is 5.73 Å². The van der Waals surface area contributed by atoms with E-state index in [0.717, 1.165) is 0 Å². The maximum atomic E-state index is 12.9. The molecule has 1 aromatic rings. The number of halogens is 3. The zero-order valence-electron chi connectivity index (χ0n) is 7.67. The van der Waals surface area contributed by atoms with E-state index in [2.05, 4.69) is 0 Å². The smallest absolute Gasteiger partial charge is 0.203 e. The number of hydrogen-bond acceptors (Lipinski definition) is 3. The van der Waals surface area contributed by atoms with Gasteiger partial charge in [0.15, 0.2) is 17.4 Å². The van der Waals surface area contributed by atoms with Crippen molar-refractivity contribution in [2.45, 2.75) is 12.5 Å². The first-order chi connectivity index (χ1) is 6.99. The van der Waals surface area contributed by atoms with Crippen LogP contribution in [0.1, 0.15) is 18.0 Å². The minimum atomic E-state index is -1.74. The van der Waals surface area contributed by atoms with E-state index in [9.17, 15) is 13.2 Å². The first-order valence-electron chi connectivity index (χ1n) is 4.21. The van der Waals surface area contributed by atoms with Crippen LogP contribution in [0.2, 0.25) is 0 Å². The molecule has 0 fully saturated rings. The Balaban J connectivity index is 3.19. The minimum absolute atomic E-state index is 0.0120. The molecule has 0 heterocycles. The Labute approximate surface area is 84.0 Å². The molecule has 1 aromatic carbocycles. The van der Waals surface area contributed by atoms with Gasteiger partial charge in [0.05, 0.1) is 0 Å². The number of aliphatic hydroxyl groups excluding tert-OH is 1. The minimum Gasteiger partial charge on any atom is -0.505 e. The number of hydrogen-bond donors (Lipinski definition) is 3. The quantitative estimate of drug-likeness (QED) is 0.672. The van der Waals surface area contributed by atoms with Crippen LogP contribution >= 0.6 is 0 Å². The fourth-order valence-electron chi connectivity index (χ4n) is 1.18. The second-order valence-electron chi connectivity index (χ2n) is 3.04. The van der Waals surface area contributed by atoms with Crippen LogP contribution in [-0.2, 0) is 0 Å². The van der Waals surface area contributed by atoms with Crippen LogP contribution in [0.3, 0.4) is 0 Å². The third-order valence-corrected chi connectivity index (χ3v) is 2.01. The van der Waals surface area contributed by atoms with Gasteiger partial charge in [-0.1, -0.05) is 0 Å². The van der Waals surface area contributed by atoms with Gasteiger partial charge in [0, 0.05) is 18.2 Å². The van der Waals surface area contributed by atoms with Crippen molar-refractivity contribution in [2.24, 2.45) is 5.73 Å². The zero-order valence-corrected chi connectivity index (χ0v) is 7.67. The SMILES string of the molecule is NC(CCO)c1cc(F)c(F)c(F)c1O. The van der Waals surface area contributed by atoms with E-state index in [1.165, 1.54) is 0 Å². The summed E-state index contributed by atoms with van der Waals surface area (Å²) in [6.45, 7) is -0.304. The Hall–Kier alpha value is -1.27. The summed E-state index contributed by atoms with van der Waals surface area (Å²) in [7, 11) is 0. The average molecular weight is 221 g/mol. The maximum Gasteiger partial charge on any atom is 0.203 e. The van der Waals surface area contributed by atoms with Crippen molar-refractivity contribution < 1.29 is 23.4 Å². The normalized spacial score (nSPS) is 12.9. The summed E-state index contributed by atoms with van der Waals surface area (Å²) in [6, 6.07) is -0.326. The fraction of sp³-hybridized carbons (Fsp3) is 0.333. The standard InChI is InChI=1S/C9H10F3NO2/c10-5-3-4(6(13)1-2-14)9(15)8(12)7(5)11/h3,6,14-15H,1-2,13H2. The van der Waals surface area contributed by atoms with E-state index in [4.69, 9.17) is 15.9 Å². The largest absolute Gasteiger partial charge is 0.505 e. The third-order valence-electron chi connectivity index (χ3n) is 2.01. The lowest BCUT2D eigenvalue weighted by atomic mass is 10.0. The highest BCUT2D eigenvalue weighted by Crippen LogP contribution is 2.30. The maximum absolute atomic E-state index is 12.9. The Morgan fingerprint density at radius 3 is 2.40 bits per heavy atom. The highest BCUT2D eigenvalue weighted by atomic mass is 19.2. The lowest BCUT2D eigenvalue weighted by Gasteiger charge is -2.13. The number of aromatic hydroxyl groups is 1. The van der Waals surface area contributed by atoms with Gasteiger partial charge in [-0.15, -0.1) is 0 Å². The molecule has 15 heavy (non-hydrogen) atoms. The highest BCUT2D eigenvalue weighted by molar-refractivity contribution is 5.37. The van der Waals surface area contributed by atoms with Gasteiger partial charge in [-0.2, -0.15) is 4.39 Å². The lowest BCUT2D eigenvalue weighted by Crippen LogP contribution is -2.13. The van der Waals surface area contributed by atoms with Crippen LogP contribution in [0, 0.1) is 17.5 Å². The van der Waals surface area contributed by atoms with Gasteiger partial charge in [0.25, 0.3) is 0 Å². The van der Waals surface area contributed by atoms with Gasteiger partial charge in [0.2, 0.25) is 5.82 Å². The van der Waals surface area contributed by atoms with Crippen LogP contribution in [0.5, 0.6) is 5.75 Å². The van der Waals surface area contributed by atoms with Crippen LogP contribution in [0.15, 0.2) is 6.07 Å². The van der Waals surface area contributed by atoms with E-state index < -0.39 is 29.2 Å². The van der Waals surface area contributed by atoms with E-state index in [0.29, 0.717) is 6.07 Å². The molecule has 0 aliphatic heterocycles. The van der Waals surface area contributed by atoms with E-state index in [1.54, 1.807) is 0 Å². The summed E-state index contributed by atoms with van der Waals surface area (Å²) in [5, 5.41) is 17.7. The summed E-state index contributed by atoms with van der Waals surface area (Å²) >= 11 is 0. The molecule has 84 valence electrons. The Morgan fingerprint density at radius 2 is 1.87 bits per heavy atom. The lowest BCUT2D eigenvalue weighted by molar-refractivity contribution is 0.274. The summed E-state index contributed by atoms with van der Waals surface area (Å²) in [5.41, 5.74) is 5.15. The molecule has 6 heteroatoms.